The fourth-order valence-electron chi connectivity index (χ4n) is 3.06. The Kier molecular flexibility index (Phi) is 6.63. The Balaban J connectivity index is 1.65. The highest BCUT2D eigenvalue weighted by Crippen LogP contribution is 2.33. The minimum absolute atomic E-state index is 0.0806. The zero-order valence-electron chi connectivity index (χ0n) is 17.0. The van der Waals surface area contributed by atoms with E-state index in [4.69, 9.17) is 16.3 Å². The Bertz CT molecular complexity index is 1260. The standard InChI is InChI=1S/C23H19ClN4O3S/c1-31-16-8-6-7-15(13-16)28-22(17-9-2-5-12-20(17)29)26-27-23(28)32-14-21(30)25-19-11-4-3-10-18(19)24/h2-13,29H,14H2,1H3,(H,25,30). The molecule has 32 heavy (non-hydrogen) atoms. The molecule has 0 bridgehead atoms. The molecule has 7 nitrogen and oxygen atoms in total. The molecule has 0 aliphatic heterocycles. The summed E-state index contributed by atoms with van der Waals surface area (Å²) in [5.74, 6) is 1.05. The van der Waals surface area contributed by atoms with E-state index in [2.05, 4.69) is 15.5 Å². The molecule has 0 saturated carbocycles. The SMILES string of the molecule is COc1cccc(-n2c(SCC(=O)Nc3ccccc3Cl)nnc2-c2ccccc2O)c1. The van der Waals surface area contributed by atoms with Crippen LogP contribution in [0.4, 0.5) is 5.69 Å². The van der Waals surface area contributed by atoms with Crippen LogP contribution in [0.2, 0.25) is 5.02 Å². The summed E-state index contributed by atoms with van der Waals surface area (Å²) in [6.07, 6.45) is 0. The maximum atomic E-state index is 12.5. The summed E-state index contributed by atoms with van der Waals surface area (Å²) in [5, 5.41) is 22.7. The van der Waals surface area contributed by atoms with Crippen molar-refractivity contribution in [3.8, 4) is 28.6 Å². The lowest BCUT2D eigenvalue weighted by atomic mass is 10.2. The fraction of sp³-hybridized carbons (Fsp3) is 0.0870. The van der Waals surface area contributed by atoms with Crippen LogP contribution in [-0.2, 0) is 4.79 Å². The van der Waals surface area contributed by atoms with Crippen LogP contribution >= 0.6 is 23.4 Å². The number of nitrogens with one attached hydrogen (secondary N) is 1. The Morgan fingerprint density at radius 1 is 1.09 bits per heavy atom. The van der Waals surface area contributed by atoms with Gasteiger partial charge in [-0.1, -0.05) is 53.7 Å². The van der Waals surface area contributed by atoms with Gasteiger partial charge in [-0.15, -0.1) is 10.2 Å². The van der Waals surface area contributed by atoms with Crippen LogP contribution in [0.25, 0.3) is 17.1 Å². The number of rotatable bonds is 7. The van der Waals surface area contributed by atoms with Crippen LogP contribution in [0.3, 0.4) is 0 Å². The number of thioether (sulfide) groups is 1. The first-order chi connectivity index (χ1) is 15.6. The molecule has 0 spiro atoms. The largest absolute Gasteiger partial charge is 0.507 e. The number of carbonyl (C=O) groups excluding carboxylic acids is 1. The van der Waals surface area contributed by atoms with E-state index in [1.54, 1.807) is 54.1 Å². The van der Waals surface area contributed by atoms with Gasteiger partial charge in [0.15, 0.2) is 11.0 Å². The van der Waals surface area contributed by atoms with E-state index in [0.717, 1.165) is 5.69 Å². The van der Waals surface area contributed by atoms with Crippen molar-refractivity contribution >= 4 is 35.0 Å². The molecule has 0 aliphatic carbocycles. The van der Waals surface area contributed by atoms with Crippen LogP contribution < -0.4 is 10.1 Å². The number of hydrogen-bond donors (Lipinski definition) is 2. The number of phenolic OH excluding ortho intramolecular Hbond substituents is 1. The smallest absolute Gasteiger partial charge is 0.234 e. The second-order valence-electron chi connectivity index (χ2n) is 6.68. The molecule has 0 aliphatic rings. The number of anilines is 1. The molecule has 0 radical (unpaired) electrons. The number of hydrogen-bond acceptors (Lipinski definition) is 6. The molecule has 4 rings (SSSR count). The summed E-state index contributed by atoms with van der Waals surface area (Å²) in [7, 11) is 1.59. The zero-order valence-corrected chi connectivity index (χ0v) is 18.6. The third kappa shape index (κ3) is 4.71. The van der Waals surface area contributed by atoms with Crippen molar-refractivity contribution in [1.29, 1.82) is 0 Å². The molecule has 2 N–H and O–H groups in total. The molecule has 9 heteroatoms. The average molecular weight is 467 g/mol. The first kappa shape index (κ1) is 21.7. The minimum Gasteiger partial charge on any atom is -0.507 e. The predicted octanol–water partition coefficient (Wildman–Crippen LogP) is 5.03. The second-order valence-corrected chi connectivity index (χ2v) is 8.03. The summed E-state index contributed by atoms with van der Waals surface area (Å²) in [6.45, 7) is 0. The van der Waals surface area contributed by atoms with E-state index in [0.29, 0.717) is 33.0 Å². The number of ether oxygens (including phenoxy) is 1. The summed E-state index contributed by atoms with van der Waals surface area (Å²) in [4.78, 5) is 12.5. The fourth-order valence-corrected chi connectivity index (χ4v) is 4.00. The van der Waals surface area contributed by atoms with Gasteiger partial charge < -0.3 is 15.2 Å². The monoisotopic (exact) mass is 466 g/mol. The van der Waals surface area contributed by atoms with Crippen molar-refractivity contribution in [2.24, 2.45) is 0 Å². The number of nitrogens with zero attached hydrogens (tertiary/aromatic N) is 3. The first-order valence-electron chi connectivity index (χ1n) is 9.62. The van der Waals surface area contributed by atoms with Gasteiger partial charge in [-0.05, 0) is 36.4 Å². The number of amides is 1. The third-order valence-electron chi connectivity index (χ3n) is 4.57. The quantitative estimate of drug-likeness (QED) is 0.371. The second kappa shape index (κ2) is 9.76. The topological polar surface area (TPSA) is 89.3 Å². The van der Waals surface area contributed by atoms with E-state index in [9.17, 15) is 9.90 Å². The molecule has 3 aromatic carbocycles. The highest BCUT2D eigenvalue weighted by atomic mass is 35.5. The maximum absolute atomic E-state index is 12.5. The lowest BCUT2D eigenvalue weighted by Gasteiger charge is -2.12. The summed E-state index contributed by atoms with van der Waals surface area (Å²) in [6, 6.07) is 21.3. The van der Waals surface area contributed by atoms with E-state index in [1.807, 2.05) is 30.3 Å². The number of phenols is 1. The lowest BCUT2D eigenvalue weighted by Crippen LogP contribution is -2.14. The Hall–Kier alpha value is -3.49. The van der Waals surface area contributed by atoms with Crippen molar-refractivity contribution < 1.29 is 14.6 Å². The number of methoxy groups -OCH3 is 1. The Morgan fingerprint density at radius 2 is 1.88 bits per heavy atom. The minimum atomic E-state index is -0.229. The summed E-state index contributed by atoms with van der Waals surface area (Å²) >= 11 is 7.34. The molecule has 1 aromatic heterocycles. The van der Waals surface area contributed by atoms with E-state index < -0.39 is 0 Å². The lowest BCUT2D eigenvalue weighted by molar-refractivity contribution is -0.113. The molecule has 162 valence electrons. The van der Waals surface area contributed by atoms with Crippen LogP contribution in [0, 0.1) is 0 Å². The van der Waals surface area contributed by atoms with Crippen molar-refractivity contribution in [1.82, 2.24) is 14.8 Å². The normalized spacial score (nSPS) is 10.7. The molecule has 1 amide bonds. The number of carbonyl (C=O) groups is 1. The molecule has 0 unspecified atom stereocenters. The number of halogens is 1. The molecule has 4 aromatic rings. The average Bonchev–Trinajstić information content (AvgIpc) is 3.23. The first-order valence-corrected chi connectivity index (χ1v) is 11.0. The predicted molar refractivity (Wildman–Crippen MR) is 126 cm³/mol. The van der Waals surface area contributed by atoms with E-state index in [-0.39, 0.29) is 17.4 Å². The number of aromatic nitrogens is 3. The van der Waals surface area contributed by atoms with Crippen molar-refractivity contribution in [3.63, 3.8) is 0 Å². The highest BCUT2D eigenvalue weighted by molar-refractivity contribution is 7.99. The van der Waals surface area contributed by atoms with Gasteiger partial charge >= 0.3 is 0 Å². The van der Waals surface area contributed by atoms with Crippen LogP contribution in [0.15, 0.2) is 78.0 Å². The highest BCUT2D eigenvalue weighted by Gasteiger charge is 2.20. The molecule has 1 heterocycles. The molecule has 0 atom stereocenters. The third-order valence-corrected chi connectivity index (χ3v) is 5.83. The zero-order chi connectivity index (χ0) is 22.5. The van der Waals surface area contributed by atoms with E-state index in [1.165, 1.54) is 11.8 Å². The van der Waals surface area contributed by atoms with E-state index >= 15 is 0 Å². The van der Waals surface area contributed by atoms with Crippen LogP contribution in [-0.4, -0.2) is 38.6 Å². The van der Waals surface area contributed by atoms with Gasteiger partial charge in [0.2, 0.25) is 5.91 Å². The number of benzene rings is 3. The summed E-state index contributed by atoms with van der Waals surface area (Å²) in [5.41, 5.74) is 1.81. The molecular weight excluding hydrogens is 448 g/mol. The van der Waals surface area contributed by atoms with Gasteiger partial charge in [-0.2, -0.15) is 0 Å². The van der Waals surface area contributed by atoms with Crippen LogP contribution in [0.5, 0.6) is 11.5 Å². The molecule has 0 fully saturated rings. The van der Waals surface area contributed by atoms with Crippen molar-refractivity contribution in [2.75, 3.05) is 18.2 Å². The van der Waals surface area contributed by atoms with Gasteiger partial charge in [0.05, 0.1) is 34.8 Å². The van der Waals surface area contributed by atoms with Gasteiger partial charge in [-0.3, -0.25) is 9.36 Å². The molecule has 0 saturated heterocycles. The van der Waals surface area contributed by atoms with Crippen molar-refractivity contribution in [3.05, 3.63) is 77.8 Å². The molecular formula is C23H19ClN4O3S. The number of para-hydroxylation sites is 2. The van der Waals surface area contributed by atoms with Gasteiger partial charge in [0.1, 0.15) is 11.5 Å². The van der Waals surface area contributed by atoms with Gasteiger partial charge in [0.25, 0.3) is 0 Å². The maximum Gasteiger partial charge on any atom is 0.234 e. The summed E-state index contributed by atoms with van der Waals surface area (Å²) < 4.78 is 7.13. The van der Waals surface area contributed by atoms with Crippen molar-refractivity contribution in [2.45, 2.75) is 5.16 Å². The Labute approximate surface area is 194 Å². The Morgan fingerprint density at radius 3 is 2.66 bits per heavy atom. The van der Waals surface area contributed by atoms with Gasteiger partial charge in [0, 0.05) is 6.07 Å². The van der Waals surface area contributed by atoms with Gasteiger partial charge in [-0.25, -0.2) is 0 Å². The number of aromatic hydroxyl groups is 1. The van der Waals surface area contributed by atoms with Crippen LogP contribution in [0.1, 0.15) is 0 Å².